The van der Waals surface area contributed by atoms with E-state index in [0.29, 0.717) is 6.42 Å². The summed E-state index contributed by atoms with van der Waals surface area (Å²) in [5.74, 6) is -1.82. The molecule has 1 aromatic rings. The zero-order valence-electron chi connectivity index (χ0n) is 8.98. The highest BCUT2D eigenvalue weighted by Gasteiger charge is 2.58. The van der Waals surface area contributed by atoms with Crippen LogP contribution in [0, 0.1) is 5.92 Å². The van der Waals surface area contributed by atoms with Gasteiger partial charge >= 0.3 is 12.1 Å². The molecule has 0 bridgehead atoms. The van der Waals surface area contributed by atoms with Gasteiger partial charge in [0.2, 0.25) is 0 Å². The Bertz CT molecular complexity index is 537. The molecule has 0 saturated heterocycles. The highest BCUT2D eigenvalue weighted by atomic mass is 19.4. The second kappa shape index (κ2) is 3.25. The summed E-state index contributed by atoms with van der Waals surface area (Å²) < 4.78 is 39.2. The molecule has 0 amide bonds. The van der Waals surface area contributed by atoms with Crippen molar-refractivity contribution >= 4 is 5.97 Å². The molecule has 1 saturated carbocycles. The van der Waals surface area contributed by atoms with Crippen molar-refractivity contribution in [2.75, 3.05) is 0 Å². The van der Waals surface area contributed by atoms with E-state index in [-0.39, 0.29) is 23.1 Å². The first kappa shape index (κ1) is 11.5. The minimum atomic E-state index is -4.62. The van der Waals surface area contributed by atoms with Gasteiger partial charge < -0.3 is 10.2 Å². The topological polar surface area (TPSA) is 75.3 Å². The first-order valence-electron chi connectivity index (χ1n) is 5.38. The Balaban J connectivity index is 2.13. The third-order valence-electron chi connectivity index (χ3n) is 3.48. The van der Waals surface area contributed by atoms with E-state index >= 15 is 0 Å². The number of halogens is 3. The summed E-state index contributed by atoms with van der Waals surface area (Å²) >= 11 is 0. The number of hydrogen-bond acceptors (Lipinski definition) is 3. The van der Waals surface area contributed by atoms with E-state index in [0.717, 1.165) is 4.68 Å². The SMILES string of the molecule is O=C(O)Cn1nc(C(F)(F)F)c2c1C(O)C1CC21. The molecule has 3 rings (SSSR count). The number of aromatic nitrogens is 2. The van der Waals surface area contributed by atoms with E-state index in [1.54, 1.807) is 0 Å². The van der Waals surface area contributed by atoms with Crippen molar-refractivity contribution in [3.05, 3.63) is 17.0 Å². The number of carboxylic acids is 1. The van der Waals surface area contributed by atoms with E-state index in [1.807, 2.05) is 0 Å². The number of carbonyl (C=O) groups is 1. The van der Waals surface area contributed by atoms with Crippen molar-refractivity contribution in [2.24, 2.45) is 5.92 Å². The lowest BCUT2D eigenvalue weighted by molar-refractivity contribution is -0.143. The van der Waals surface area contributed by atoms with E-state index in [9.17, 15) is 23.1 Å². The highest BCUT2D eigenvalue weighted by molar-refractivity contribution is 5.66. The minimum Gasteiger partial charge on any atom is -0.480 e. The minimum absolute atomic E-state index is 0.0127. The van der Waals surface area contributed by atoms with Crippen LogP contribution in [0.15, 0.2) is 0 Å². The molecule has 8 heteroatoms. The summed E-state index contributed by atoms with van der Waals surface area (Å²) in [5, 5.41) is 21.8. The van der Waals surface area contributed by atoms with Crippen LogP contribution in [0.1, 0.15) is 35.4 Å². The number of hydrogen-bond donors (Lipinski definition) is 2. The van der Waals surface area contributed by atoms with Crippen molar-refractivity contribution in [1.29, 1.82) is 0 Å². The molecule has 1 heterocycles. The molecule has 0 spiro atoms. The lowest BCUT2D eigenvalue weighted by atomic mass is 10.1. The van der Waals surface area contributed by atoms with Gasteiger partial charge in [0.15, 0.2) is 5.69 Å². The average molecular weight is 262 g/mol. The zero-order chi connectivity index (χ0) is 13.2. The first-order chi connectivity index (χ1) is 8.30. The molecule has 3 atom stereocenters. The zero-order valence-corrected chi connectivity index (χ0v) is 8.98. The largest absolute Gasteiger partial charge is 0.480 e. The normalized spacial score (nSPS) is 29.0. The number of carboxylic acid groups (broad SMARTS) is 1. The van der Waals surface area contributed by atoms with Crippen LogP contribution in [0.2, 0.25) is 0 Å². The van der Waals surface area contributed by atoms with Gasteiger partial charge in [0, 0.05) is 5.56 Å². The standard InChI is InChI=1S/C10H9F3N2O3/c11-10(12,13)9-6-3-1-4(3)8(18)7(6)15(14-9)2-5(16)17/h3-4,8,18H,1-2H2,(H,16,17). The van der Waals surface area contributed by atoms with Crippen molar-refractivity contribution in [3.8, 4) is 0 Å². The number of aliphatic carboxylic acids is 1. The van der Waals surface area contributed by atoms with Crippen molar-refractivity contribution in [3.63, 3.8) is 0 Å². The molecule has 1 aromatic heterocycles. The summed E-state index contributed by atoms with van der Waals surface area (Å²) in [6.07, 6.45) is -5.14. The van der Waals surface area contributed by atoms with Gasteiger partial charge in [-0.15, -0.1) is 0 Å². The third kappa shape index (κ3) is 1.45. The summed E-state index contributed by atoms with van der Waals surface area (Å²) in [7, 11) is 0. The molecule has 18 heavy (non-hydrogen) atoms. The maximum absolute atomic E-state index is 12.8. The molecule has 2 aliphatic rings. The van der Waals surface area contributed by atoms with Crippen LogP contribution in [0.3, 0.4) is 0 Å². The lowest BCUT2D eigenvalue weighted by Gasteiger charge is -2.08. The smallest absolute Gasteiger partial charge is 0.435 e. The Morgan fingerprint density at radius 3 is 2.72 bits per heavy atom. The number of aliphatic hydroxyl groups excluding tert-OH is 1. The van der Waals surface area contributed by atoms with Gasteiger partial charge in [0.05, 0.1) is 11.8 Å². The fourth-order valence-corrected chi connectivity index (χ4v) is 2.72. The fourth-order valence-electron chi connectivity index (χ4n) is 2.72. The summed E-state index contributed by atoms with van der Waals surface area (Å²) in [6.45, 7) is -0.672. The molecular weight excluding hydrogens is 253 g/mol. The Hall–Kier alpha value is -1.57. The number of nitrogens with zero attached hydrogens (tertiary/aromatic N) is 2. The molecular formula is C10H9F3N2O3. The Morgan fingerprint density at radius 1 is 1.50 bits per heavy atom. The van der Waals surface area contributed by atoms with Crippen LogP contribution >= 0.6 is 0 Å². The summed E-state index contributed by atoms with van der Waals surface area (Å²) in [4.78, 5) is 10.6. The molecule has 3 unspecified atom stereocenters. The molecule has 0 radical (unpaired) electrons. The average Bonchev–Trinajstić information content (AvgIpc) is 2.83. The van der Waals surface area contributed by atoms with Crippen molar-refractivity contribution in [1.82, 2.24) is 9.78 Å². The Labute approximate surface area is 98.8 Å². The van der Waals surface area contributed by atoms with Crippen LogP contribution < -0.4 is 0 Å². The predicted molar refractivity (Wildman–Crippen MR) is 50.7 cm³/mol. The van der Waals surface area contributed by atoms with Gasteiger partial charge in [-0.05, 0) is 18.3 Å². The van der Waals surface area contributed by atoms with Crippen LogP contribution in [-0.2, 0) is 17.5 Å². The van der Waals surface area contributed by atoms with Crippen LogP contribution in [0.4, 0.5) is 13.2 Å². The molecule has 2 aliphatic carbocycles. The number of rotatable bonds is 2. The molecule has 0 aromatic carbocycles. The quantitative estimate of drug-likeness (QED) is 0.838. The first-order valence-corrected chi connectivity index (χ1v) is 5.38. The van der Waals surface area contributed by atoms with Crippen molar-refractivity contribution < 1.29 is 28.2 Å². The highest BCUT2D eigenvalue weighted by Crippen LogP contribution is 2.63. The van der Waals surface area contributed by atoms with Gasteiger partial charge in [-0.1, -0.05) is 0 Å². The van der Waals surface area contributed by atoms with Crippen LogP contribution in [0.25, 0.3) is 0 Å². The fraction of sp³-hybridized carbons (Fsp3) is 0.600. The number of fused-ring (bicyclic) bond motifs is 3. The van der Waals surface area contributed by atoms with Crippen LogP contribution in [-0.4, -0.2) is 26.0 Å². The van der Waals surface area contributed by atoms with E-state index in [1.165, 1.54) is 0 Å². The van der Waals surface area contributed by atoms with Gasteiger partial charge in [-0.3, -0.25) is 9.48 Å². The number of alkyl halides is 3. The molecule has 0 aliphatic heterocycles. The molecule has 2 N–H and O–H groups in total. The van der Waals surface area contributed by atoms with E-state index < -0.39 is 30.5 Å². The molecule has 98 valence electrons. The van der Waals surface area contributed by atoms with Gasteiger partial charge in [-0.25, -0.2) is 0 Å². The molecule has 5 nitrogen and oxygen atoms in total. The summed E-state index contributed by atoms with van der Waals surface area (Å²) in [5.41, 5.74) is -1.05. The monoisotopic (exact) mass is 262 g/mol. The maximum atomic E-state index is 12.8. The Morgan fingerprint density at radius 2 is 2.17 bits per heavy atom. The Kier molecular flexibility index (Phi) is 2.08. The van der Waals surface area contributed by atoms with E-state index in [2.05, 4.69) is 5.10 Å². The van der Waals surface area contributed by atoms with Gasteiger partial charge in [-0.2, -0.15) is 18.3 Å². The third-order valence-corrected chi connectivity index (χ3v) is 3.48. The predicted octanol–water partition coefficient (Wildman–Crippen LogP) is 1.14. The van der Waals surface area contributed by atoms with Crippen LogP contribution in [0.5, 0.6) is 0 Å². The number of aliphatic hydroxyl groups is 1. The van der Waals surface area contributed by atoms with E-state index in [4.69, 9.17) is 5.11 Å². The van der Waals surface area contributed by atoms with Gasteiger partial charge in [0.1, 0.15) is 6.54 Å². The van der Waals surface area contributed by atoms with Gasteiger partial charge in [0.25, 0.3) is 0 Å². The summed E-state index contributed by atoms with van der Waals surface area (Å²) in [6, 6.07) is 0. The molecule has 1 fully saturated rings. The lowest BCUT2D eigenvalue weighted by Crippen LogP contribution is -2.16. The second-order valence-corrected chi connectivity index (χ2v) is 4.65. The van der Waals surface area contributed by atoms with Crippen molar-refractivity contribution in [2.45, 2.75) is 31.2 Å². The maximum Gasteiger partial charge on any atom is 0.435 e. The second-order valence-electron chi connectivity index (χ2n) is 4.65.